The van der Waals surface area contributed by atoms with E-state index in [-0.39, 0.29) is 23.9 Å². The molecule has 1 unspecified atom stereocenters. The van der Waals surface area contributed by atoms with E-state index in [1.165, 1.54) is 22.3 Å². The minimum Gasteiger partial charge on any atom is -0.439 e. The van der Waals surface area contributed by atoms with Gasteiger partial charge >= 0.3 is 6.03 Å². The van der Waals surface area contributed by atoms with Gasteiger partial charge in [0.25, 0.3) is 5.91 Å². The van der Waals surface area contributed by atoms with E-state index in [1.807, 2.05) is 30.3 Å². The predicted molar refractivity (Wildman–Crippen MR) is 149 cm³/mol. The molecule has 3 N–H and O–H groups in total. The highest BCUT2D eigenvalue weighted by molar-refractivity contribution is 7.21. The van der Waals surface area contributed by atoms with E-state index in [0.29, 0.717) is 50.2 Å². The van der Waals surface area contributed by atoms with E-state index in [1.54, 1.807) is 30.6 Å². The molecule has 196 valence electrons. The van der Waals surface area contributed by atoms with Crippen molar-refractivity contribution in [2.45, 2.75) is 31.3 Å². The zero-order chi connectivity index (χ0) is 26.9. The molecular weight excluding hydrogens is 516 g/mol. The molecule has 3 aromatic heterocycles. The van der Waals surface area contributed by atoms with Gasteiger partial charge in [0.2, 0.25) is 11.8 Å². The molecule has 39 heavy (non-hydrogen) atoms. The molecule has 2 aliphatic rings. The minimum absolute atomic E-state index is 0.0128. The van der Waals surface area contributed by atoms with Crippen LogP contribution in [0.1, 0.15) is 28.9 Å². The highest BCUT2D eigenvalue weighted by Gasteiger charge is 2.34. The summed E-state index contributed by atoms with van der Waals surface area (Å²) in [5, 5.41) is 9.53. The van der Waals surface area contributed by atoms with Crippen molar-refractivity contribution in [2.24, 2.45) is 0 Å². The maximum absolute atomic E-state index is 13.3. The number of urea groups is 1. The Hall–Kier alpha value is -4.77. The number of carbonyl (C=O) groups is 3. The number of amides is 4. The third-order valence-electron chi connectivity index (χ3n) is 6.70. The monoisotopic (exact) mass is 540 g/mol. The Balaban J connectivity index is 1.24. The van der Waals surface area contributed by atoms with Crippen LogP contribution in [0.2, 0.25) is 0 Å². The van der Waals surface area contributed by atoms with Gasteiger partial charge in [-0.2, -0.15) is 0 Å². The van der Waals surface area contributed by atoms with Gasteiger partial charge in [0.1, 0.15) is 15.5 Å². The second-order valence-corrected chi connectivity index (χ2v) is 10.2. The van der Waals surface area contributed by atoms with Crippen LogP contribution in [-0.4, -0.2) is 39.9 Å². The lowest BCUT2D eigenvalue weighted by molar-refractivity contribution is -0.117. The average molecular weight is 541 g/mol. The first-order chi connectivity index (χ1) is 19.0. The van der Waals surface area contributed by atoms with Gasteiger partial charge < -0.3 is 20.7 Å². The van der Waals surface area contributed by atoms with E-state index >= 15 is 0 Å². The summed E-state index contributed by atoms with van der Waals surface area (Å²) in [6.45, 7) is 3.48. The standard InChI is InChI=1S/C28H24N6O4S/c1-2-21(35)31-16-8-9-17(14-16)32-26(36)25-24-23-20(12-13-29-27(23)39-25)34(28(37)33-24)18-10-11-22(30-15-18)38-19-6-4-3-5-7-19/h2-7,10-13,15-17H,1,8-9,14H2,(H,31,35)(H,32,36)(H,33,37)/t16-,17?/m1/s1. The number of carbonyl (C=O) groups excluding carboxylic acids is 3. The summed E-state index contributed by atoms with van der Waals surface area (Å²) < 4.78 is 5.77. The molecule has 1 saturated carbocycles. The summed E-state index contributed by atoms with van der Waals surface area (Å²) in [7, 11) is 0. The predicted octanol–water partition coefficient (Wildman–Crippen LogP) is 5.12. The number of thiophene rings is 1. The van der Waals surface area contributed by atoms with E-state index in [4.69, 9.17) is 4.74 Å². The normalized spacial score (nSPS) is 17.9. The Morgan fingerprint density at radius 3 is 2.62 bits per heavy atom. The lowest BCUT2D eigenvalue weighted by Gasteiger charge is -2.28. The lowest BCUT2D eigenvalue weighted by Crippen LogP contribution is -2.37. The van der Waals surface area contributed by atoms with Crippen LogP contribution in [0.25, 0.3) is 10.2 Å². The highest BCUT2D eigenvalue weighted by atomic mass is 32.1. The van der Waals surface area contributed by atoms with Gasteiger partial charge in [0.05, 0.1) is 28.6 Å². The Morgan fingerprint density at radius 2 is 1.87 bits per heavy atom. The van der Waals surface area contributed by atoms with E-state index in [0.717, 1.165) is 12.8 Å². The summed E-state index contributed by atoms with van der Waals surface area (Å²) in [5.41, 5.74) is 1.60. The fourth-order valence-corrected chi connectivity index (χ4v) is 5.95. The molecule has 2 atom stereocenters. The van der Waals surface area contributed by atoms with Crippen LogP contribution >= 0.6 is 11.3 Å². The van der Waals surface area contributed by atoms with Gasteiger partial charge in [-0.05, 0) is 49.6 Å². The first-order valence-electron chi connectivity index (χ1n) is 12.5. The lowest BCUT2D eigenvalue weighted by atomic mass is 10.1. The zero-order valence-corrected chi connectivity index (χ0v) is 21.5. The molecule has 1 aliphatic heterocycles. The molecule has 1 aromatic carbocycles. The number of para-hydroxylation sites is 1. The van der Waals surface area contributed by atoms with Crippen molar-refractivity contribution in [3.63, 3.8) is 0 Å². The molecule has 11 heteroatoms. The molecule has 0 spiro atoms. The number of nitrogens with zero attached hydrogens (tertiary/aromatic N) is 3. The van der Waals surface area contributed by atoms with Crippen molar-refractivity contribution in [2.75, 3.05) is 10.2 Å². The number of hydrogen-bond acceptors (Lipinski definition) is 7. The fourth-order valence-electron chi connectivity index (χ4n) is 4.93. The first kappa shape index (κ1) is 24.6. The molecular formula is C28H24N6O4S. The second kappa shape index (κ2) is 10.2. The van der Waals surface area contributed by atoms with Gasteiger partial charge in [-0.3, -0.25) is 14.5 Å². The number of benzene rings is 1. The van der Waals surface area contributed by atoms with Crippen molar-refractivity contribution in [3.8, 4) is 11.6 Å². The topological polar surface area (TPSA) is 126 Å². The smallest absolute Gasteiger partial charge is 0.331 e. The molecule has 0 saturated heterocycles. The van der Waals surface area contributed by atoms with Crippen molar-refractivity contribution in [1.82, 2.24) is 20.6 Å². The summed E-state index contributed by atoms with van der Waals surface area (Å²) in [4.78, 5) is 49.6. The second-order valence-electron chi connectivity index (χ2n) is 9.24. The third-order valence-corrected chi connectivity index (χ3v) is 7.79. The van der Waals surface area contributed by atoms with E-state index in [2.05, 4.69) is 32.5 Å². The average Bonchev–Trinajstić information content (AvgIpc) is 3.55. The first-order valence-corrected chi connectivity index (χ1v) is 13.3. The summed E-state index contributed by atoms with van der Waals surface area (Å²) >= 11 is 1.23. The molecule has 4 amide bonds. The van der Waals surface area contributed by atoms with Crippen molar-refractivity contribution in [1.29, 1.82) is 0 Å². The molecule has 10 nitrogen and oxygen atoms in total. The van der Waals surface area contributed by atoms with Crippen LogP contribution in [0.15, 0.2) is 73.6 Å². The fraction of sp³-hybridized carbons (Fsp3) is 0.179. The Bertz CT molecular complexity index is 1590. The highest BCUT2D eigenvalue weighted by Crippen LogP contribution is 2.45. The van der Waals surface area contributed by atoms with E-state index < -0.39 is 6.03 Å². The SMILES string of the molecule is C=CC(=O)N[C@@H]1CCC(NC(=O)c2sc3nccc4c3c2NC(=O)N4c2ccc(Oc3ccccc3)nc2)C1. The Labute approximate surface area is 227 Å². The van der Waals surface area contributed by atoms with E-state index in [9.17, 15) is 14.4 Å². The maximum atomic E-state index is 13.3. The number of rotatable bonds is 7. The molecule has 1 fully saturated rings. The van der Waals surface area contributed by atoms with Crippen LogP contribution in [0.4, 0.5) is 21.9 Å². The quantitative estimate of drug-likeness (QED) is 0.280. The van der Waals surface area contributed by atoms with Gasteiger partial charge in [0, 0.05) is 24.3 Å². The van der Waals surface area contributed by atoms with Crippen LogP contribution in [0.5, 0.6) is 11.6 Å². The molecule has 4 aromatic rings. The van der Waals surface area contributed by atoms with Crippen LogP contribution < -0.4 is 25.6 Å². The summed E-state index contributed by atoms with van der Waals surface area (Å²) in [5.74, 6) is 0.557. The maximum Gasteiger partial charge on any atom is 0.331 e. The number of hydrogen-bond donors (Lipinski definition) is 3. The summed E-state index contributed by atoms with van der Waals surface area (Å²) in [6, 6.07) is 14.0. The number of ether oxygens (including phenoxy) is 1. The number of anilines is 3. The Morgan fingerprint density at radius 1 is 1.08 bits per heavy atom. The molecule has 1 aliphatic carbocycles. The number of pyridine rings is 2. The third kappa shape index (κ3) is 4.79. The molecule has 0 radical (unpaired) electrons. The van der Waals surface area contributed by atoms with Gasteiger partial charge in [-0.15, -0.1) is 11.3 Å². The molecule has 6 rings (SSSR count). The van der Waals surface area contributed by atoms with Crippen molar-refractivity contribution < 1.29 is 19.1 Å². The summed E-state index contributed by atoms with van der Waals surface area (Å²) in [6.07, 6.45) is 6.57. The van der Waals surface area contributed by atoms with Crippen molar-refractivity contribution >= 4 is 56.5 Å². The van der Waals surface area contributed by atoms with Gasteiger partial charge in [-0.25, -0.2) is 14.8 Å². The zero-order valence-electron chi connectivity index (χ0n) is 20.7. The van der Waals surface area contributed by atoms with Gasteiger partial charge in [0.15, 0.2) is 0 Å². The number of aromatic nitrogens is 2. The van der Waals surface area contributed by atoms with Crippen molar-refractivity contribution in [3.05, 3.63) is 78.5 Å². The van der Waals surface area contributed by atoms with Gasteiger partial charge in [-0.1, -0.05) is 24.8 Å². The largest absolute Gasteiger partial charge is 0.439 e. The van der Waals surface area contributed by atoms with Crippen LogP contribution in [0.3, 0.4) is 0 Å². The molecule has 0 bridgehead atoms. The van der Waals surface area contributed by atoms with Crippen LogP contribution in [-0.2, 0) is 4.79 Å². The molecule has 4 heterocycles. The Kier molecular flexibility index (Phi) is 6.41. The number of nitrogens with one attached hydrogen (secondary N) is 3. The minimum atomic E-state index is -0.408. The van der Waals surface area contributed by atoms with Crippen LogP contribution in [0, 0.1) is 0 Å².